The Hall–Kier alpha value is -2.97. The molecule has 21 heteroatoms. The molecule has 0 fully saturated rings. The van der Waals surface area contributed by atoms with Crippen LogP contribution in [0.4, 0.5) is 65.9 Å². The van der Waals surface area contributed by atoms with Gasteiger partial charge in [0.15, 0.2) is 6.29 Å². The maximum Gasteiger partial charge on any atom is 0.460 e. The lowest BCUT2D eigenvalue weighted by Gasteiger charge is -2.40. The third-order valence-corrected chi connectivity index (χ3v) is 6.30. The molecule has 0 aliphatic heterocycles. The Morgan fingerprint density at radius 3 is 1.47 bits per heavy atom. The molecule has 0 atom stereocenters. The second-order valence-electron chi connectivity index (χ2n) is 7.24. The van der Waals surface area contributed by atoms with E-state index in [0.29, 0.717) is 6.29 Å². The number of hydrogen-bond acceptors (Lipinski definition) is 5. The van der Waals surface area contributed by atoms with Crippen molar-refractivity contribution in [1.29, 1.82) is 0 Å². The average molecular weight is 681 g/mol. The molecule has 0 aliphatic carbocycles. The smallest absolute Gasteiger partial charge is 0.394 e. The number of ether oxygens (including phenoxy) is 1. The summed E-state index contributed by atoms with van der Waals surface area (Å²) >= 11 is 0. The highest BCUT2D eigenvalue weighted by molar-refractivity contribution is 7.96. The number of aldehydes is 1. The van der Waals surface area contributed by atoms with Gasteiger partial charge in [-0.05, 0) is 30.5 Å². The van der Waals surface area contributed by atoms with Crippen molar-refractivity contribution < 1.29 is 83.8 Å². The first-order valence-electron chi connectivity index (χ1n) is 10.9. The van der Waals surface area contributed by atoms with Crippen molar-refractivity contribution in [2.45, 2.75) is 60.6 Å². The lowest BCUT2D eigenvalue weighted by Crippen LogP contribution is -2.72. The minimum atomic E-state index is -8.27. The van der Waals surface area contributed by atoms with E-state index < -0.39 is 58.8 Å². The maximum atomic E-state index is 12.8. The number of carbonyl (C=O) groups excluding carboxylic acids is 1. The quantitative estimate of drug-likeness (QED) is 0.115. The zero-order chi connectivity index (χ0) is 34.9. The summed E-state index contributed by atoms with van der Waals surface area (Å²) in [6, 6.07) is 7.84. The fourth-order valence-corrected chi connectivity index (χ4v) is 3.42. The van der Waals surface area contributed by atoms with Crippen molar-refractivity contribution in [2.75, 3.05) is 14.2 Å². The topological polar surface area (TPSA) is 72.5 Å². The van der Waals surface area contributed by atoms with Crippen molar-refractivity contribution in [2.24, 2.45) is 0 Å². The van der Waals surface area contributed by atoms with Crippen molar-refractivity contribution in [1.82, 2.24) is 5.32 Å². The van der Waals surface area contributed by atoms with E-state index in [-0.39, 0.29) is 9.80 Å². The van der Waals surface area contributed by atoms with Crippen LogP contribution >= 0.6 is 0 Å². The number of hydrogen-bond donors (Lipinski definition) is 1. The summed E-state index contributed by atoms with van der Waals surface area (Å²) in [5.74, 6) is -40.1. The fourth-order valence-electron chi connectivity index (χ4n) is 2.25. The molecule has 0 saturated heterocycles. The van der Waals surface area contributed by atoms with Gasteiger partial charge in [0.1, 0.15) is 4.91 Å². The van der Waals surface area contributed by atoms with Crippen LogP contribution in [0.1, 0.15) is 13.8 Å². The standard InChI is InChI=1S/C12H13NO3S.C8H3F15O.C2H6/c1-13-9-5-8-12(10-14)17(15,16)11-6-3-2-4-7-11;1-24-8(22,23)6(17,18)4(13,14)2(9,10)3(11,12)5(15,16)7(19,20)21;1-2/h2-10,13H,1H3;1H3;1-2H3/b9-5+,12-8-;;. The van der Waals surface area contributed by atoms with Crippen LogP contribution in [0.5, 0.6) is 0 Å². The first-order chi connectivity index (χ1) is 19.2. The van der Waals surface area contributed by atoms with Crippen LogP contribution in [0.3, 0.4) is 0 Å². The van der Waals surface area contributed by atoms with Crippen LogP contribution in [-0.4, -0.2) is 70.8 Å². The molecule has 0 bridgehead atoms. The Balaban J connectivity index is 0. The van der Waals surface area contributed by atoms with Crippen molar-refractivity contribution in [3.8, 4) is 0 Å². The zero-order valence-electron chi connectivity index (χ0n) is 21.9. The zero-order valence-corrected chi connectivity index (χ0v) is 22.7. The lowest BCUT2D eigenvalue weighted by atomic mass is 9.93. The Morgan fingerprint density at radius 2 is 1.12 bits per heavy atom. The molecule has 1 aromatic rings. The van der Waals surface area contributed by atoms with Crippen LogP contribution < -0.4 is 5.32 Å². The third kappa shape index (κ3) is 8.15. The van der Waals surface area contributed by atoms with E-state index >= 15 is 0 Å². The number of allylic oxidation sites excluding steroid dienone is 3. The monoisotopic (exact) mass is 681 g/mol. The molecular formula is C22H22F15NO4S. The lowest BCUT2D eigenvalue weighted by molar-refractivity contribution is -0.470. The highest BCUT2D eigenvalue weighted by Crippen LogP contribution is 2.62. The third-order valence-electron chi connectivity index (χ3n) is 4.56. The molecule has 5 nitrogen and oxygen atoms in total. The van der Waals surface area contributed by atoms with E-state index in [4.69, 9.17) is 0 Å². The van der Waals surface area contributed by atoms with E-state index in [9.17, 15) is 79.1 Å². The van der Waals surface area contributed by atoms with E-state index in [1.807, 2.05) is 13.8 Å². The SMILES string of the molecule is CC.CN/C=C/C=C(/C=O)S(=O)(=O)c1ccccc1.COC(F)(F)C(F)(F)C(F)(F)C(F)(F)C(F)(F)C(F)(F)C(F)(F)F. The fraction of sp³-hybridized carbons (Fsp3) is 0.500. The van der Waals surface area contributed by atoms with Crippen LogP contribution in [-0.2, 0) is 19.4 Å². The molecule has 0 aliphatic rings. The Labute approximate surface area is 234 Å². The number of alkyl halides is 15. The first kappa shape index (κ1) is 42.2. The predicted molar refractivity (Wildman–Crippen MR) is 120 cm³/mol. The van der Waals surface area contributed by atoms with Gasteiger partial charge in [0.2, 0.25) is 9.84 Å². The number of carbonyl (C=O) groups is 1. The van der Waals surface area contributed by atoms with E-state index in [1.54, 1.807) is 25.2 Å². The highest BCUT2D eigenvalue weighted by atomic mass is 32.2. The molecule has 43 heavy (non-hydrogen) atoms. The minimum Gasteiger partial charge on any atom is -0.394 e. The van der Waals surface area contributed by atoms with Crippen molar-refractivity contribution in [3.05, 3.63) is 53.6 Å². The molecule has 0 unspecified atom stereocenters. The second-order valence-corrected chi connectivity index (χ2v) is 9.19. The van der Waals surface area contributed by atoms with Crippen LogP contribution in [0, 0.1) is 0 Å². The van der Waals surface area contributed by atoms with Gasteiger partial charge in [0.05, 0.1) is 4.90 Å². The molecule has 0 spiro atoms. The summed E-state index contributed by atoms with van der Waals surface area (Å²) in [6.45, 7) is 4.00. The predicted octanol–water partition coefficient (Wildman–Crippen LogP) is 7.27. The number of benzene rings is 1. The van der Waals surface area contributed by atoms with Gasteiger partial charge < -0.3 is 10.1 Å². The van der Waals surface area contributed by atoms with E-state index in [2.05, 4.69) is 10.1 Å². The summed E-state index contributed by atoms with van der Waals surface area (Å²) in [5, 5.41) is 2.70. The number of methoxy groups -OCH3 is 1. The van der Waals surface area contributed by atoms with Crippen molar-refractivity contribution in [3.63, 3.8) is 0 Å². The first-order valence-corrected chi connectivity index (χ1v) is 12.4. The average Bonchev–Trinajstić information content (AvgIpc) is 2.91. The molecule has 0 amide bonds. The summed E-state index contributed by atoms with van der Waals surface area (Å²) in [7, 11) is -2.52. The molecule has 1 rings (SSSR count). The Morgan fingerprint density at radius 1 is 0.721 bits per heavy atom. The maximum absolute atomic E-state index is 12.8. The van der Waals surface area contributed by atoms with Gasteiger partial charge in [-0.15, -0.1) is 0 Å². The molecule has 0 aromatic heterocycles. The van der Waals surface area contributed by atoms with Crippen LogP contribution in [0.25, 0.3) is 0 Å². The van der Waals surface area contributed by atoms with Crippen molar-refractivity contribution >= 4 is 16.1 Å². The van der Waals surface area contributed by atoms with Gasteiger partial charge in [-0.2, -0.15) is 65.9 Å². The van der Waals surface area contributed by atoms with Gasteiger partial charge in [0, 0.05) is 14.2 Å². The van der Waals surface area contributed by atoms with E-state index in [1.165, 1.54) is 30.5 Å². The molecular weight excluding hydrogens is 659 g/mol. The molecule has 0 heterocycles. The number of nitrogens with one attached hydrogen (secondary N) is 1. The summed E-state index contributed by atoms with van der Waals surface area (Å²) < 4.78 is 213. The largest absolute Gasteiger partial charge is 0.460 e. The number of sulfone groups is 1. The minimum absolute atomic E-state index is 0.108. The molecule has 1 aromatic carbocycles. The number of rotatable bonds is 11. The normalized spacial score (nSPS) is 14.3. The van der Waals surface area contributed by atoms with Gasteiger partial charge in [0.25, 0.3) is 0 Å². The van der Waals surface area contributed by atoms with Crippen LogP contribution in [0.2, 0.25) is 0 Å². The van der Waals surface area contributed by atoms with Gasteiger partial charge in [-0.3, -0.25) is 4.79 Å². The van der Waals surface area contributed by atoms with Crippen LogP contribution in [0.15, 0.2) is 58.5 Å². The van der Waals surface area contributed by atoms with Gasteiger partial charge in [-0.25, -0.2) is 8.42 Å². The summed E-state index contributed by atoms with van der Waals surface area (Å²) in [6.07, 6.45) is -9.64. The number of halogens is 15. The molecule has 250 valence electrons. The summed E-state index contributed by atoms with van der Waals surface area (Å²) in [5.41, 5.74) is 0. The Kier molecular flexibility index (Phi) is 14.4. The summed E-state index contributed by atoms with van der Waals surface area (Å²) in [4.78, 5) is 10.7. The molecule has 1 N–H and O–H groups in total. The second kappa shape index (κ2) is 14.7. The van der Waals surface area contributed by atoms with Gasteiger partial charge in [-0.1, -0.05) is 32.0 Å². The molecule has 0 saturated carbocycles. The Bertz CT molecular complexity index is 1200. The van der Waals surface area contributed by atoms with Gasteiger partial charge >= 0.3 is 41.9 Å². The molecule has 0 radical (unpaired) electrons. The highest BCUT2D eigenvalue weighted by Gasteiger charge is 2.93. The van der Waals surface area contributed by atoms with E-state index in [0.717, 1.165) is 0 Å².